The van der Waals surface area contributed by atoms with Crippen LogP contribution in [0.2, 0.25) is 0 Å². The minimum absolute atomic E-state index is 0.584. The van der Waals surface area contributed by atoms with Crippen molar-refractivity contribution in [3.63, 3.8) is 0 Å². The summed E-state index contributed by atoms with van der Waals surface area (Å²) in [4.78, 5) is 9.53. The van der Waals surface area contributed by atoms with Gasteiger partial charge < -0.3 is 4.57 Å². The second-order valence-electron chi connectivity index (χ2n) is 13.1. The number of aromatic nitrogens is 5. The monoisotopic (exact) mass is 657 g/mol. The van der Waals surface area contributed by atoms with Crippen molar-refractivity contribution in [2.24, 2.45) is 0 Å². The fraction of sp³-hybridized carbons (Fsp3) is 0.0222. The van der Waals surface area contributed by atoms with Crippen LogP contribution in [0, 0.1) is 0 Å². The van der Waals surface area contributed by atoms with Gasteiger partial charge in [-0.2, -0.15) is 0 Å². The van der Waals surface area contributed by atoms with E-state index in [1.54, 1.807) is 0 Å². The molecule has 51 heavy (non-hydrogen) atoms. The maximum absolute atomic E-state index is 18.0. The lowest BCUT2D eigenvalue weighted by molar-refractivity contribution is 0.405. The highest BCUT2D eigenvalue weighted by Crippen LogP contribution is 2.47. The molecule has 0 aliphatic carbocycles. The topological polar surface area (TPSA) is 40.1 Å². The fourth-order valence-corrected chi connectivity index (χ4v) is 8.34. The lowest BCUT2D eigenvalue weighted by Crippen LogP contribution is -2.01. The molecule has 11 rings (SSSR count). The first-order valence-electron chi connectivity index (χ1n) is 17.1. The Morgan fingerprint density at radius 3 is 1.96 bits per heavy atom. The molecule has 11 aromatic rings. The number of nitrogens with zero attached hydrogens (tertiary/aromatic N) is 5. The molecule has 5 nitrogen and oxygen atoms in total. The molecule has 0 bridgehead atoms. The number of rotatable bonds is 4. The van der Waals surface area contributed by atoms with Gasteiger partial charge in [-0.3, -0.25) is 8.97 Å². The molecule has 0 N–H and O–H groups in total. The molecule has 0 saturated heterocycles. The average molecular weight is 658 g/mol. The zero-order chi connectivity index (χ0) is 33.6. The molecule has 0 aliphatic rings. The Morgan fingerprint density at radius 1 is 0.490 bits per heavy atom. The molecule has 0 fully saturated rings. The Balaban J connectivity index is 1.30. The van der Waals surface area contributed by atoms with Gasteiger partial charge in [0.25, 0.3) is 0 Å². The van der Waals surface area contributed by atoms with Crippen LogP contribution in [0.4, 0.5) is 4.39 Å². The summed E-state index contributed by atoms with van der Waals surface area (Å²) < 4.78 is 24.5. The van der Waals surface area contributed by atoms with E-state index < -0.39 is 6.17 Å². The van der Waals surface area contributed by atoms with Crippen LogP contribution in [0.25, 0.3) is 82.4 Å². The molecule has 240 valence electrons. The number of alkyl halides is 1. The van der Waals surface area contributed by atoms with Crippen LogP contribution in [0.5, 0.6) is 0 Å². The predicted octanol–water partition coefficient (Wildman–Crippen LogP) is 11.3. The molecule has 1 atom stereocenters. The zero-order valence-electron chi connectivity index (χ0n) is 27.3. The van der Waals surface area contributed by atoms with Crippen LogP contribution < -0.4 is 0 Å². The average Bonchev–Trinajstić information content (AvgIpc) is 3.91. The molecule has 1 unspecified atom stereocenters. The van der Waals surface area contributed by atoms with Crippen LogP contribution in [0.3, 0.4) is 0 Å². The summed E-state index contributed by atoms with van der Waals surface area (Å²) in [5.41, 5.74) is 8.03. The van der Waals surface area contributed by atoms with E-state index in [4.69, 9.17) is 9.97 Å². The molecule has 5 heterocycles. The van der Waals surface area contributed by atoms with Crippen molar-refractivity contribution in [3.05, 3.63) is 175 Å². The molecular weight excluding hydrogens is 630 g/mol. The van der Waals surface area contributed by atoms with Gasteiger partial charge in [0.2, 0.25) is 0 Å². The Kier molecular flexibility index (Phi) is 5.84. The predicted molar refractivity (Wildman–Crippen MR) is 206 cm³/mol. The van der Waals surface area contributed by atoms with Gasteiger partial charge in [-0.15, -0.1) is 0 Å². The second kappa shape index (κ2) is 10.6. The van der Waals surface area contributed by atoms with Crippen molar-refractivity contribution in [1.29, 1.82) is 0 Å². The third-order valence-electron chi connectivity index (χ3n) is 10.4. The van der Waals surface area contributed by atoms with E-state index in [9.17, 15) is 0 Å². The second-order valence-corrected chi connectivity index (χ2v) is 13.1. The van der Waals surface area contributed by atoms with E-state index >= 15 is 4.39 Å². The minimum atomic E-state index is -1.44. The van der Waals surface area contributed by atoms with Gasteiger partial charge in [0.1, 0.15) is 11.5 Å². The highest BCUT2D eigenvalue weighted by Gasteiger charge is 2.27. The lowest BCUT2D eigenvalue weighted by Gasteiger charge is -2.16. The highest BCUT2D eigenvalue weighted by molar-refractivity contribution is 6.27. The zero-order valence-corrected chi connectivity index (χ0v) is 27.3. The standard InChI is InChI=1S/C45H28FN5/c46-43(28-21-22-30-31-14-4-7-17-36(31)49-25-24-48-45(49)34(30)26-28)35-27-39-42(33-16-6-9-19-38(33)51(39)40-20-10-11-23-47-40)44-41(35)32-15-5-8-18-37(32)50(44)29-12-2-1-3-13-29/h1-27,43H. The van der Waals surface area contributed by atoms with Crippen molar-refractivity contribution in [1.82, 2.24) is 23.5 Å². The number of hydrogen-bond donors (Lipinski definition) is 0. The quantitative estimate of drug-likeness (QED) is 0.177. The van der Waals surface area contributed by atoms with Gasteiger partial charge in [0.15, 0.2) is 6.17 Å². The Hall–Kier alpha value is -6.79. The SMILES string of the molecule is FC(c1ccc2c3ccccc3n3ccnc3c2c1)c1cc2c(c3ccccc3n2-c2ccccn2)c2c1c1ccccc1n2-c1ccccc1. The minimum Gasteiger partial charge on any atom is -0.309 e. The van der Waals surface area contributed by atoms with Gasteiger partial charge >= 0.3 is 0 Å². The smallest absolute Gasteiger partial charge is 0.151 e. The van der Waals surface area contributed by atoms with Crippen LogP contribution in [0.15, 0.2) is 164 Å². The number of para-hydroxylation sites is 4. The number of fused-ring (bicyclic) bond motifs is 13. The summed E-state index contributed by atoms with van der Waals surface area (Å²) in [6, 6.07) is 49.5. The molecule has 6 heteroatoms. The van der Waals surface area contributed by atoms with Gasteiger partial charge in [0.05, 0.1) is 27.6 Å². The van der Waals surface area contributed by atoms with Crippen molar-refractivity contribution < 1.29 is 4.39 Å². The Bertz CT molecular complexity index is 3150. The molecular formula is C45H28FN5. The van der Waals surface area contributed by atoms with E-state index in [1.807, 2.05) is 73.2 Å². The lowest BCUT2D eigenvalue weighted by atomic mass is 9.94. The van der Waals surface area contributed by atoms with E-state index in [-0.39, 0.29) is 0 Å². The van der Waals surface area contributed by atoms with Gasteiger partial charge in [0, 0.05) is 62.2 Å². The number of pyridine rings is 2. The third-order valence-corrected chi connectivity index (χ3v) is 10.4. The number of benzene rings is 6. The van der Waals surface area contributed by atoms with Crippen molar-refractivity contribution in [3.8, 4) is 11.5 Å². The number of hydrogen-bond acceptors (Lipinski definition) is 2. The van der Waals surface area contributed by atoms with E-state index in [2.05, 4.69) is 105 Å². The van der Waals surface area contributed by atoms with E-state index in [1.165, 1.54) is 0 Å². The van der Waals surface area contributed by atoms with Crippen LogP contribution in [-0.4, -0.2) is 23.5 Å². The maximum atomic E-state index is 18.0. The molecule has 0 saturated carbocycles. The van der Waals surface area contributed by atoms with Crippen molar-refractivity contribution in [2.75, 3.05) is 0 Å². The summed E-state index contributed by atoms with van der Waals surface area (Å²) in [5.74, 6) is 0.783. The first-order chi connectivity index (χ1) is 25.3. The molecule has 0 radical (unpaired) electrons. The van der Waals surface area contributed by atoms with E-state index in [0.717, 1.165) is 82.4 Å². The highest BCUT2D eigenvalue weighted by atomic mass is 19.1. The summed E-state index contributed by atoms with van der Waals surface area (Å²) in [5, 5.41) is 7.14. The Labute approximate surface area is 291 Å². The largest absolute Gasteiger partial charge is 0.309 e. The maximum Gasteiger partial charge on any atom is 0.151 e. The third kappa shape index (κ3) is 3.90. The molecule has 6 aromatic carbocycles. The summed E-state index contributed by atoms with van der Waals surface area (Å²) in [7, 11) is 0. The first-order valence-corrected chi connectivity index (χ1v) is 17.1. The summed E-state index contributed by atoms with van der Waals surface area (Å²) >= 11 is 0. The molecule has 5 aromatic heterocycles. The van der Waals surface area contributed by atoms with E-state index in [0.29, 0.717) is 11.1 Å². The van der Waals surface area contributed by atoms with Gasteiger partial charge in [-0.1, -0.05) is 91.0 Å². The van der Waals surface area contributed by atoms with Gasteiger partial charge in [-0.25, -0.2) is 14.4 Å². The molecule has 0 spiro atoms. The van der Waals surface area contributed by atoms with Gasteiger partial charge in [-0.05, 0) is 65.5 Å². The van der Waals surface area contributed by atoms with Crippen LogP contribution in [-0.2, 0) is 0 Å². The Morgan fingerprint density at radius 2 is 1.18 bits per heavy atom. The number of imidazole rings is 1. The van der Waals surface area contributed by atoms with Crippen molar-refractivity contribution >= 4 is 70.9 Å². The first kappa shape index (κ1) is 28.1. The molecule has 0 amide bonds. The van der Waals surface area contributed by atoms with Crippen LogP contribution >= 0.6 is 0 Å². The number of halogens is 1. The van der Waals surface area contributed by atoms with Crippen molar-refractivity contribution in [2.45, 2.75) is 6.17 Å². The summed E-state index contributed by atoms with van der Waals surface area (Å²) in [6.45, 7) is 0. The summed E-state index contributed by atoms with van der Waals surface area (Å²) in [6.07, 6.45) is 4.16. The fourth-order valence-electron chi connectivity index (χ4n) is 8.34. The normalized spacial score (nSPS) is 12.7. The molecule has 0 aliphatic heterocycles. The van der Waals surface area contributed by atoms with Crippen LogP contribution in [0.1, 0.15) is 17.3 Å².